The highest BCUT2D eigenvalue weighted by atomic mass is 79.9. The van der Waals surface area contributed by atoms with E-state index in [2.05, 4.69) is 20.7 Å². The van der Waals surface area contributed by atoms with E-state index >= 15 is 0 Å². The second kappa shape index (κ2) is 3.76. The van der Waals surface area contributed by atoms with E-state index in [1.54, 1.807) is 0 Å². The summed E-state index contributed by atoms with van der Waals surface area (Å²) in [7, 11) is 1.35. The lowest BCUT2D eigenvalue weighted by atomic mass is 10.3. The highest BCUT2D eigenvalue weighted by Gasteiger charge is 2.17. The quantitative estimate of drug-likeness (QED) is 0.498. The van der Waals surface area contributed by atoms with Crippen molar-refractivity contribution in [1.82, 2.24) is 0 Å². The van der Waals surface area contributed by atoms with Crippen molar-refractivity contribution in [3.63, 3.8) is 0 Å². The van der Waals surface area contributed by atoms with Gasteiger partial charge in [0.2, 0.25) is 0 Å². The summed E-state index contributed by atoms with van der Waals surface area (Å²) < 4.78 is 10.1. The number of halogens is 1. The molecule has 0 aliphatic carbocycles. The highest BCUT2D eigenvalue weighted by Crippen LogP contribution is 2.24. The fourth-order valence-corrected chi connectivity index (χ4v) is 1.35. The van der Waals surface area contributed by atoms with Crippen LogP contribution in [0.2, 0.25) is 0 Å². The van der Waals surface area contributed by atoms with Gasteiger partial charge in [-0.3, -0.25) is 0 Å². The van der Waals surface area contributed by atoms with Crippen LogP contribution in [0.15, 0.2) is 10.2 Å². The van der Waals surface area contributed by atoms with E-state index in [0.717, 1.165) is 12.8 Å². The van der Waals surface area contributed by atoms with Crippen molar-refractivity contribution in [2.45, 2.75) is 12.8 Å². The number of hydrogen-bond donors (Lipinski definition) is 0. The molecule has 0 aromatic heterocycles. The van der Waals surface area contributed by atoms with Gasteiger partial charge in [-0.15, -0.1) is 0 Å². The minimum Gasteiger partial charge on any atom is -0.496 e. The van der Waals surface area contributed by atoms with E-state index in [1.807, 2.05) is 0 Å². The maximum absolute atomic E-state index is 10.9. The molecule has 0 spiro atoms. The number of esters is 1. The summed E-state index contributed by atoms with van der Waals surface area (Å²) in [5.41, 5.74) is 0. The Hall–Kier alpha value is -0.510. The number of methoxy groups -OCH3 is 1. The van der Waals surface area contributed by atoms with E-state index < -0.39 is 0 Å². The molecule has 0 aromatic carbocycles. The Morgan fingerprint density at radius 3 is 2.91 bits per heavy atom. The smallest absolute Gasteiger partial charge is 0.348 e. The summed E-state index contributed by atoms with van der Waals surface area (Å²) in [4.78, 5) is 10.9. The molecule has 0 atom stereocenters. The van der Waals surface area contributed by atoms with Crippen LogP contribution in [0.4, 0.5) is 0 Å². The largest absolute Gasteiger partial charge is 0.496 e. The molecule has 11 heavy (non-hydrogen) atoms. The van der Waals surface area contributed by atoms with Crippen molar-refractivity contribution < 1.29 is 14.3 Å². The van der Waals surface area contributed by atoms with Gasteiger partial charge in [0.15, 0.2) is 0 Å². The first-order chi connectivity index (χ1) is 5.25. The van der Waals surface area contributed by atoms with Gasteiger partial charge < -0.3 is 9.47 Å². The number of carbonyl (C=O) groups excluding carboxylic acids is 1. The summed E-state index contributed by atoms with van der Waals surface area (Å²) >= 11 is 3.11. The van der Waals surface area contributed by atoms with Gasteiger partial charge in [0.25, 0.3) is 0 Å². The summed E-state index contributed by atoms with van der Waals surface area (Å²) in [5, 5.41) is 0. The van der Waals surface area contributed by atoms with Crippen LogP contribution in [0.3, 0.4) is 0 Å². The Morgan fingerprint density at radius 2 is 2.45 bits per heavy atom. The van der Waals surface area contributed by atoms with Crippen LogP contribution in [0.1, 0.15) is 12.8 Å². The molecular weight excluding hydrogens is 212 g/mol. The third-order valence-corrected chi connectivity index (χ3v) is 2.20. The molecule has 1 fully saturated rings. The molecule has 1 heterocycles. The van der Waals surface area contributed by atoms with Crippen LogP contribution in [-0.4, -0.2) is 19.7 Å². The van der Waals surface area contributed by atoms with Gasteiger partial charge in [-0.05, 0) is 22.4 Å². The topological polar surface area (TPSA) is 35.5 Å². The zero-order chi connectivity index (χ0) is 8.27. The molecule has 1 saturated heterocycles. The van der Waals surface area contributed by atoms with Gasteiger partial charge in [0.1, 0.15) is 10.2 Å². The highest BCUT2D eigenvalue weighted by molar-refractivity contribution is 9.12. The number of hydrogen-bond acceptors (Lipinski definition) is 3. The van der Waals surface area contributed by atoms with Gasteiger partial charge in [-0.25, -0.2) is 4.79 Å². The first-order valence-corrected chi connectivity index (χ1v) is 4.14. The third-order valence-electron chi connectivity index (χ3n) is 1.43. The second-order valence-electron chi connectivity index (χ2n) is 2.18. The van der Waals surface area contributed by atoms with Gasteiger partial charge >= 0.3 is 5.97 Å². The lowest BCUT2D eigenvalue weighted by Gasteiger charge is -2.01. The van der Waals surface area contributed by atoms with Crippen LogP contribution in [-0.2, 0) is 14.3 Å². The standard InChI is InChI=1S/C7H9BrO3/c1-10-7(9)6(8)5-3-2-4-11-5/h2-4H2,1H3/b6-5+. The van der Waals surface area contributed by atoms with E-state index in [0.29, 0.717) is 16.8 Å². The third kappa shape index (κ3) is 1.96. The molecule has 0 amide bonds. The van der Waals surface area contributed by atoms with E-state index in [9.17, 15) is 4.79 Å². The van der Waals surface area contributed by atoms with Crippen molar-refractivity contribution in [2.24, 2.45) is 0 Å². The molecule has 62 valence electrons. The van der Waals surface area contributed by atoms with Crippen LogP contribution < -0.4 is 0 Å². The lowest BCUT2D eigenvalue weighted by molar-refractivity contribution is -0.135. The van der Waals surface area contributed by atoms with Crippen molar-refractivity contribution >= 4 is 21.9 Å². The summed E-state index contributed by atoms with van der Waals surface area (Å²) in [5.74, 6) is 0.332. The van der Waals surface area contributed by atoms with Crippen LogP contribution in [0, 0.1) is 0 Å². The zero-order valence-electron chi connectivity index (χ0n) is 6.22. The van der Waals surface area contributed by atoms with Crippen molar-refractivity contribution in [3.8, 4) is 0 Å². The van der Waals surface area contributed by atoms with Crippen molar-refractivity contribution in [3.05, 3.63) is 10.2 Å². The summed E-state index contributed by atoms with van der Waals surface area (Å²) in [6.45, 7) is 0.696. The number of rotatable bonds is 1. The van der Waals surface area contributed by atoms with E-state index in [4.69, 9.17) is 4.74 Å². The molecule has 0 unspecified atom stereocenters. The van der Waals surface area contributed by atoms with Gasteiger partial charge in [0, 0.05) is 6.42 Å². The Balaban J connectivity index is 2.69. The molecule has 3 nitrogen and oxygen atoms in total. The van der Waals surface area contributed by atoms with Gasteiger partial charge in [0.05, 0.1) is 13.7 Å². The maximum Gasteiger partial charge on any atom is 0.348 e. The summed E-state index contributed by atoms with van der Waals surface area (Å²) in [6, 6.07) is 0. The normalized spacial score (nSPS) is 20.9. The molecule has 1 rings (SSSR count). The van der Waals surface area contributed by atoms with Gasteiger partial charge in [-0.1, -0.05) is 0 Å². The number of carbonyl (C=O) groups is 1. The Bertz CT molecular complexity index is 190. The molecule has 0 saturated carbocycles. The first-order valence-electron chi connectivity index (χ1n) is 3.35. The van der Waals surface area contributed by atoms with E-state index in [1.165, 1.54) is 7.11 Å². The van der Waals surface area contributed by atoms with Crippen LogP contribution in [0.5, 0.6) is 0 Å². The SMILES string of the molecule is COC(=O)/C(Br)=C1/CCCO1. The Kier molecular flexibility index (Phi) is 2.93. The average molecular weight is 221 g/mol. The van der Waals surface area contributed by atoms with Crippen molar-refractivity contribution in [2.75, 3.05) is 13.7 Å². The average Bonchev–Trinajstić information content (AvgIpc) is 2.53. The number of allylic oxidation sites excluding steroid dienone is 1. The second-order valence-corrected chi connectivity index (χ2v) is 2.97. The molecule has 0 aromatic rings. The molecular formula is C7H9BrO3. The van der Waals surface area contributed by atoms with Crippen LogP contribution in [0.25, 0.3) is 0 Å². The molecule has 1 aliphatic heterocycles. The molecule has 4 heteroatoms. The van der Waals surface area contributed by atoms with Gasteiger partial charge in [-0.2, -0.15) is 0 Å². The molecule has 1 aliphatic rings. The minimum absolute atomic E-state index is 0.373. The zero-order valence-corrected chi connectivity index (χ0v) is 7.81. The van der Waals surface area contributed by atoms with E-state index in [-0.39, 0.29) is 5.97 Å². The molecule has 0 bridgehead atoms. The minimum atomic E-state index is -0.373. The first kappa shape index (κ1) is 8.59. The van der Waals surface area contributed by atoms with Crippen LogP contribution >= 0.6 is 15.9 Å². The number of ether oxygens (including phenoxy) is 2. The van der Waals surface area contributed by atoms with Crippen molar-refractivity contribution in [1.29, 1.82) is 0 Å². The molecule has 0 radical (unpaired) electrons. The molecule has 0 N–H and O–H groups in total. The predicted octanol–water partition coefficient (Wildman–Crippen LogP) is 1.58. The Morgan fingerprint density at radius 1 is 1.73 bits per heavy atom. The maximum atomic E-state index is 10.9. The summed E-state index contributed by atoms with van der Waals surface area (Å²) in [6.07, 6.45) is 1.79. The predicted molar refractivity (Wildman–Crippen MR) is 43.2 cm³/mol. The Labute approximate surface area is 73.5 Å². The fraction of sp³-hybridized carbons (Fsp3) is 0.571. The fourth-order valence-electron chi connectivity index (χ4n) is 0.877. The monoisotopic (exact) mass is 220 g/mol. The lowest BCUT2D eigenvalue weighted by Crippen LogP contribution is -2.02.